The highest BCUT2D eigenvalue weighted by Crippen LogP contribution is 2.39. The van der Waals surface area contributed by atoms with Crippen LogP contribution in [0.3, 0.4) is 0 Å². The lowest BCUT2D eigenvalue weighted by Gasteiger charge is -2.37. The molecule has 2 aliphatic rings. The van der Waals surface area contributed by atoms with Crippen LogP contribution in [0.25, 0.3) is 16.8 Å². The van der Waals surface area contributed by atoms with Crippen LogP contribution in [0.15, 0.2) is 48.9 Å². The summed E-state index contributed by atoms with van der Waals surface area (Å²) in [6, 6.07) is 5.56. The molecule has 1 saturated carbocycles. The molecule has 0 unspecified atom stereocenters. The number of benzene rings is 1. The number of piperidine rings is 1. The zero-order valence-corrected chi connectivity index (χ0v) is 22.5. The number of likely N-dealkylation sites (tertiary alicyclic amines) is 1. The van der Waals surface area contributed by atoms with Gasteiger partial charge in [0.05, 0.1) is 5.56 Å². The minimum absolute atomic E-state index is 0.0407. The van der Waals surface area contributed by atoms with Gasteiger partial charge in [0.25, 0.3) is 5.91 Å². The van der Waals surface area contributed by atoms with E-state index in [2.05, 4.69) is 15.3 Å². The topological polar surface area (TPSA) is 119 Å². The van der Waals surface area contributed by atoms with Gasteiger partial charge in [-0.15, -0.1) is 0 Å². The summed E-state index contributed by atoms with van der Waals surface area (Å²) in [5.74, 6) is -1.61. The van der Waals surface area contributed by atoms with Crippen molar-refractivity contribution in [1.29, 1.82) is 0 Å². The molecule has 0 radical (unpaired) electrons. The average Bonchev–Trinajstić information content (AvgIpc) is 3.73. The van der Waals surface area contributed by atoms with E-state index in [0.29, 0.717) is 17.9 Å². The van der Waals surface area contributed by atoms with Gasteiger partial charge >= 0.3 is 6.18 Å². The summed E-state index contributed by atoms with van der Waals surface area (Å²) in [6.45, 7) is 2.52. The summed E-state index contributed by atoms with van der Waals surface area (Å²) in [5.41, 5.74) is 5.53. The molecule has 3 N–H and O–H groups in total. The Bertz CT molecular complexity index is 1700. The number of halogens is 4. The normalized spacial score (nSPS) is 19.2. The van der Waals surface area contributed by atoms with E-state index in [1.54, 1.807) is 10.6 Å². The molecule has 2 atom stereocenters. The lowest BCUT2D eigenvalue weighted by molar-refractivity contribution is -0.137. The number of nitrogen functional groups attached to an aromatic ring is 1. The van der Waals surface area contributed by atoms with Gasteiger partial charge < -0.3 is 16.0 Å². The number of alkyl halides is 3. The lowest BCUT2D eigenvalue weighted by Crippen LogP contribution is -2.45. The maximum absolute atomic E-state index is 15.6. The highest BCUT2D eigenvalue weighted by molar-refractivity contribution is 6.04. The van der Waals surface area contributed by atoms with E-state index in [-0.39, 0.29) is 46.4 Å². The van der Waals surface area contributed by atoms with Crippen LogP contribution in [0.5, 0.6) is 0 Å². The Morgan fingerprint density at radius 1 is 1.07 bits per heavy atom. The number of fused-ring (bicyclic) bond motifs is 1. The number of aromatic nitrogens is 4. The number of nitrogens with two attached hydrogens (primary N) is 1. The summed E-state index contributed by atoms with van der Waals surface area (Å²) >= 11 is 0. The maximum atomic E-state index is 15.6. The molecule has 0 spiro atoms. The number of nitrogens with zero attached hydrogens (tertiary/aromatic N) is 5. The van der Waals surface area contributed by atoms with Gasteiger partial charge in [0.2, 0.25) is 5.91 Å². The molecule has 1 aliphatic heterocycles. The maximum Gasteiger partial charge on any atom is 0.419 e. The second-order valence-corrected chi connectivity index (χ2v) is 10.8. The molecule has 4 aromatic rings. The van der Waals surface area contributed by atoms with E-state index in [0.717, 1.165) is 50.1 Å². The largest absolute Gasteiger partial charge is 0.419 e. The molecule has 6 rings (SSSR count). The number of rotatable bonds is 5. The first kappa shape index (κ1) is 27.6. The van der Waals surface area contributed by atoms with Gasteiger partial charge in [0.15, 0.2) is 0 Å². The third-order valence-electron chi connectivity index (χ3n) is 7.90. The zero-order chi connectivity index (χ0) is 29.8. The van der Waals surface area contributed by atoms with Crippen molar-refractivity contribution in [2.75, 3.05) is 17.6 Å². The molecule has 1 aromatic carbocycles. The fourth-order valence-electron chi connectivity index (χ4n) is 5.51. The number of amides is 2. The molecule has 9 nitrogen and oxygen atoms in total. The lowest BCUT2D eigenvalue weighted by atomic mass is 9.92. The zero-order valence-electron chi connectivity index (χ0n) is 22.5. The predicted octanol–water partition coefficient (Wildman–Crippen LogP) is 5.29. The van der Waals surface area contributed by atoms with Crippen molar-refractivity contribution < 1.29 is 27.2 Å². The minimum atomic E-state index is -4.74. The fraction of sp³-hybridized carbons (Fsp3) is 0.345. The Kier molecular flexibility index (Phi) is 6.82. The van der Waals surface area contributed by atoms with E-state index >= 15 is 4.39 Å². The number of carbonyl (C=O) groups is 2. The van der Waals surface area contributed by atoms with E-state index in [9.17, 15) is 22.8 Å². The molecule has 218 valence electrons. The van der Waals surface area contributed by atoms with Crippen LogP contribution < -0.4 is 11.1 Å². The van der Waals surface area contributed by atoms with E-state index < -0.39 is 29.3 Å². The molecular weight excluding hydrogens is 554 g/mol. The molecular formula is C29H27F4N7O2. The van der Waals surface area contributed by atoms with Crippen LogP contribution in [0.4, 0.5) is 29.2 Å². The minimum Gasteiger partial charge on any atom is -0.382 e. The number of carbonyl (C=O) groups excluding carboxylic acids is 2. The molecule has 2 amide bonds. The van der Waals surface area contributed by atoms with Gasteiger partial charge in [-0.25, -0.2) is 19.3 Å². The van der Waals surface area contributed by atoms with Crippen molar-refractivity contribution in [3.05, 3.63) is 71.7 Å². The van der Waals surface area contributed by atoms with E-state index in [4.69, 9.17) is 10.7 Å². The van der Waals surface area contributed by atoms with E-state index in [1.807, 2.05) is 11.8 Å². The number of anilines is 2. The summed E-state index contributed by atoms with van der Waals surface area (Å²) in [4.78, 5) is 40.2. The summed E-state index contributed by atoms with van der Waals surface area (Å²) in [5, 5.41) is 2.12. The molecule has 3 aromatic heterocycles. The molecule has 0 bridgehead atoms. The Labute approximate surface area is 237 Å². The molecule has 1 aliphatic carbocycles. The highest BCUT2D eigenvalue weighted by atomic mass is 19.4. The SMILES string of the molecule is C[C@H]1CC[C@@H](c2nc(-c3ccc(C(=O)Nc4ncccc4C(F)(F)F)cc3F)c3c(N)nccn23)CN1C(=O)C1CC1. The highest BCUT2D eigenvalue weighted by Gasteiger charge is 2.39. The molecule has 4 heterocycles. The Balaban J connectivity index is 1.33. The summed E-state index contributed by atoms with van der Waals surface area (Å²) in [6.07, 6.45) is 2.96. The van der Waals surface area contributed by atoms with Crippen LogP contribution in [-0.4, -0.2) is 48.7 Å². The third kappa shape index (κ3) is 5.03. The number of pyridine rings is 1. The Hall–Kier alpha value is -4.55. The smallest absolute Gasteiger partial charge is 0.382 e. The molecule has 42 heavy (non-hydrogen) atoms. The first-order valence-corrected chi connectivity index (χ1v) is 13.6. The van der Waals surface area contributed by atoms with Crippen LogP contribution in [-0.2, 0) is 11.0 Å². The van der Waals surface area contributed by atoms with Crippen molar-refractivity contribution in [2.24, 2.45) is 5.92 Å². The van der Waals surface area contributed by atoms with Crippen molar-refractivity contribution in [1.82, 2.24) is 24.3 Å². The monoisotopic (exact) mass is 581 g/mol. The first-order valence-electron chi connectivity index (χ1n) is 13.6. The van der Waals surface area contributed by atoms with Gasteiger partial charge in [-0.2, -0.15) is 13.2 Å². The van der Waals surface area contributed by atoms with E-state index in [1.165, 1.54) is 18.3 Å². The van der Waals surface area contributed by atoms with Crippen molar-refractivity contribution in [3.63, 3.8) is 0 Å². The van der Waals surface area contributed by atoms with Crippen LogP contribution in [0, 0.1) is 11.7 Å². The second-order valence-electron chi connectivity index (χ2n) is 10.8. The Morgan fingerprint density at radius 2 is 1.86 bits per heavy atom. The van der Waals surface area contributed by atoms with Crippen LogP contribution in [0.1, 0.15) is 60.3 Å². The Morgan fingerprint density at radius 3 is 2.57 bits per heavy atom. The fourth-order valence-corrected chi connectivity index (χ4v) is 5.51. The van der Waals surface area contributed by atoms with Crippen LogP contribution in [0.2, 0.25) is 0 Å². The number of nitrogens with one attached hydrogen (secondary N) is 1. The summed E-state index contributed by atoms with van der Waals surface area (Å²) in [7, 11) is 0. The van der Waals surface area contributed by atoms with Gasteiger partial charge in [-0.1, -0.05) is 0 Å². The summed E-state index contributed by atoms with van der Waals surface area (Å²) < 4.78 is 57.3. The van der Waals surface area contributed by atoms with Crippen molar-refractivity contribution in [2.45, 2.75) is 50.7 Å². The van der Waals surface area contributed by atoms with Gasteiger partial charge in [0.1, 0.15) is 34.5 Å². The van der Waals surface area contributed by atoms with Crippen molar-refractivity contribution in [3.8, 4) is 11.3 Å². The molecule has 1 saturated heterocycles. The molecule has 2 fully saturated rings. The van der Waals surface area contributed by atoms with Crippen LogP contribution >= 0.6 is 0 Å². The van der Waals surface area contributed by atoms with Gasteiger partial charge in [-0.3, -0.25) is 14.0 Å². The number of hydrogen-bond acceptors (Lipinski definition) is 6. The second kappa shape index (κ2) is 10.4. The third-order valence-corrected chi connectivity index (χ3v) is 7.90. The molecule has 13 heteroatoms. The quantitative estimate of drug-likeness (QED) is 0.310. The first-order chi connectivity index (χ1) is 20.0. The number of imidazole rings is 1. The van der Waals surface area contributed by atoms with Gasteiger partial charge in [-0.05, 0) is 62.9 Å². The number of hydrogen-bond donors (Lipinski definition) is 2. The van der Waals surface area contributed by atoms with Gasteiger partial charge in [0, 0.05) is 54.1 Å². The average molecular weight is 582 g/mol. The predicted molar refractivity (Wildman–Crippen MR) is 146 cm³/mol. The standard InChI is InChI=1S/C29H27F4N7O2/c1-15-4-5-18(14-40(15)28(42)16-6-7-16)26-37-22(23-24(34)35-11-12-39(23)26)19-9-8-17(13-21(19)30)27(41)38-25-20(29(31,32)33)3-2-10-36-25/h2-3,8-13,15-16,18H,4-7,14H2,1H3,(H2,34,35)(H,36,38,41)/t15-,18+/m0/s1. The van der Waals surface area contributed by atoms with Crippen molar-refractivity contribution >= 4 is 29.0 Å².